The Morgan fingerprint density at radius 2 is 1.50 bits per heavy atom. The van der Waals surface area contributed by atoms with Crippen LogP contribution in [0.15, 0.2) is 56.6 Å². The molecule has 1 unspecified atom stereocenters. The lowest BCUT2D eigenvalue weighted by atomic mass is 9.89. The lowest BCUT2D eigenvalue weighted by molar-refractivity contribution is 0.717. The highest BCUT2D eigenvalue weighted by Gasteiger charge is 2.27. The van der Waals surface area contributed by atoms with Gasteiger partial charge in [0.05, 0.1) is 11.1 Å². The second kappa shape index (κ2) is 4.60. The van der Waals surface area contributed by atoms with Crippen LogP contribution in [0.25, 0.3) is 0 Å². The SMILES string of the molecule is CC1(N)C=CC(=C2C=CC(C)(N)C(Br)=C2Br)C=C1. The molecular weight excluding hydrogens is 356 g/mol. The van der Waals surface area contributed by atoms with Crippen molar-refractivity contribution < 1.29 is 0 Å². The predicted octanol–water partition coefficient (Wildman–Crippen LogP) is 3.42. The second-order valence-corrected chi connectivity index (χ2v) is 6.73. The number of hydrogen-bond acceptors (Lipinski definition) is 2. The molecule has 4 N–H and O–H groups in total. The summed E-state index contributed by atoms with van der Waals surface area (Å²) < 4.78 is 1.93. The van der Waals surface area contributed by atoms with E-state index in [1.165, 1.54) is 0 Å². The van der Waals surface area contributed by atoms with Crippen LogP contribution in [0.3, 0.4) is 0 Å². The summed E-state index contributed by atoms with van der Waals surface area (Å²) in [5, 5.41) is 0. The maximum atomic E-state index is 6.15. The van der Waals surface area contributed by atoms with Crippen LogP contribution in [0.2, 0.25) is 0 Å². The first-order chi connectivity index (χ1) is 8.23. The minimum atomic E-state index is -0.465. The van der Waals surface area contributed by atoms with E-state index in [1.54, 1.807) is 0 Å². The largest absolute Gasteiger partial charge is 0.319 e. The zero-order valence-electron chi connectivity index (χ0n) is 10.4. The fourth-order valence-corrected chi connectivity index (χ4v) is 2.94. The normalized spacial score (nSPS) is 35.7. The Morgan fingerprint density at radius 1 is 0.944 bits per heavy atom. The van der Waals surface area contributed by atoms with Gasteiger partial charge in [0.2, 0.25) is 0 Å². The van der Waals surface area contributed by atoms with E-state index in [1.807, 2.05) is 50.3 Å². The Morgan fingerprint density at radius 3 is 2.06 bits per heavy atom. The lowest BCUT2D eigenvalue weighted by Gasteiger charge is -2.27. The molecule has 0 radical (unpaired) electrons. The molecule has 96 valence electrons. The molecule has 0 aliphatic heterocycles. The maximum absolute atomic E-state index is 6.15. The van der Waals surface area contributed by atoms with Crippen molar-refractivity contribution in [3.63, 3.8) is 0 Å². The minimum Gasteiger partial charge on any atom is -0.319 e. The standard InChI is InChI=1S/C14H16Br2N2/c1-13(17)6-3-9(4-7-13)10-5-8-14(2,18)12(16)11(10)15/h3-8H,17-18H2,1-2H3. The van der Waals surface area contributed by atoms with Crippen molar-refractivity contribution in [3.8, 4) is 0 Å². The molecule has 4 heteroatoms. The molecule has 0 saturated carbocycles. The molecule has 18 heavy (non-hydrogen) atoms. The third kappa shape index (κ3) is 2.62. The molecule has 0 heterocycles. The van der Waals surface area contributed by atoms with Gasteiger partial charge in [0.15, 0.2) is 0 Å². The van der Waals surface area contributed by atoms with Crippen molar-refractivity contribution in [1.82, 2.24) is 0 Å². The number of halogens is 2. The summed E-state index contributed by atoms with van der Waals surface area (Å²) in [6.45, 7) is 3.93. The zero-order chi connectivity index (χ0) is 13.6. The van der Waals surface area contributed by atoms with Crippen molar-refractivity contribution in [2.45, 2.75) is 24.9 Å². The van der Waals surface area contributed by atoms with Crippen LogP contribution in [0.1, 0.15) is 13.8 Å². The second-order valence-electron chi connectivity index (χ2n) is 5.15. The van der Waals surface area contributed by atoms with E-state index in [9.17, 15) is 0 Å². The van der Waals surface area contributed by atoms with Gasteiger partial charge in [0.25, 0.3) is 0 Å². The summed E-state index contributed by atoms with van der Waals surface area (Å²) in [4.78, 5) is 0. The molecule has 0 spiro atoms. The van der Waals surface area contributed by atoms with E-state index in [2.05, 4.69) is 31.9 Å². The van der Waals surface area contributed by atoms with Crippen LogP contribution in [0, 0.1) is 0 Å². The molecule has 0 aromatic heterocycles. The number of hydrogen-bond donors (Lipinski definition) is 2. The van der Waals surface area contributed by atoms with E-state index in [-0.39, 0.29) is 5.54 Å². The van der Waals surface area contributed by atoms with Gasteiger partial charge in [-0.2, -0.15) is 0 Å². The van der Waals surface area contributed by atoms with E-state index in [4.69, 9.17) is 11.5 Å². The Labute approximate surface area is 124 Å². The van der Waals surface area contributed by atoms with Crippen molar-refractivity contribution in [2.75, 3.05) is 0 Å². The van der Waals surface area contributed by atoms with E-state index in [0.29, 0.717) is 0 Å². The highest BCUT2D eigenvalue weighted by atomic mass is 79.9. The van der Waals surface area contributed by atoms with Gasteiger partial charge in [0, 0.05) is 8.96 Å². The molecule has 0 bridgehead atoms. The molecule has 2 rings (SSSR count). The van der Waals surface area contributed by atoms with Gasteiger partial charge in [-0.1, -0.05) is 52.4 Å². The third-order valence-electron chi connectivity index (χ3n) is 3.05. The molecule has 2 aliphatic carbocycles. The Kier molecular flexibility index (Phi) is 3.58. The molecule has 1 atom stereocenters. The highest BCUT2D eigenvalue weighted by Crippen LogP contribution is 2.39. The van der Waals surface area contributed by atoms with Crippen molar-refractivity contribution in [1.29, 1.82) is 0 Å². The quantitative estimate of drug-likeness (QED) is 0.685. The van der Waals surface area contributed by atoms with Crippen LogP contribution < -0.4 is 11.5 Å². The highest BCUT2D eigenvalue weighted by molar-refractivity contribution is 9.14. The van der Waals surface area contributed by atoms with Gasteiger partial charge < -0.3 is 11.5 Å². The van der Waals surface area contributed by atoms with Gasteiger partial charge in [-0.3, -0.25) is 0 Å². The van der Waals surface area contributed by atoms with Crippen molar-refractivity contribution in [3.05, 3.63) is 56.6 Å². The molecule has 2 aliphatic rings. The smallest absolute Gasteiger partial charge is 0.0647 e. The van der Waals surface area contributed by atoms with Crippen LogP contribution in [-0.4, -0.2) is 11.1 Å². The first-order valence-corrected chi connectivity index (χ1v) is 7.27. The number of nitrogens with two attached hydrogens (primary N) is 2. The predicted molar refractivity (Wildman–Crippen MR) is 84.5 cm³/mol. The molecular formula is C14H16Br2N2. The van der Waals surface area contributed by atoms with Crippen LogP contribution in [-0.2, 0) is 0 Å². The number of allylic oxidation sites excluding steroid dienone is 6. The Balaban J connectivity index is 2.47. The Bertz CT molecular complexity index is 514. The Hall–Kier alpha value is -0.420. The minimum absolute atomic E-state index is 0.363. The van der Waals surface area contributed by atoms with Crippen molar-refractivity contribution >= 4 is 31.9 Å². The van der Waals surface area contributed by atoms with Gasteiger partial charge >= 0.3 is 0 Å². The molecule has 0 aromatic carbocycles. The van der Waals surface area contributed by atoms with Crippen LogP contribution in [0.5, 0.6) is 0 Å². The monoisotopic (exact) mass is 370 g/mol. The first-order valence-electron chi connectivity index (χ1n) is 5.69. The van der Waals surface area contributed by atoms with E-state index in [0.717, 1.165) is 20.1 Å². The molecule has 0 aromatic rings. The summed E-state index contributed by atoms with van der Waals surface area (Å²) in [5.41, 5.74) is 13.5. The fraction of sp³-hybridized carbons (Fsp3) is 0.286. The molecule has 0 saturated heterocycles. The van der Waals surface area contributed by atoms with Gasteiger partial charge in [-0.05, 0) is 40.9 Å². The zero-order valence-corrected chi connectivity index (χ0v) is 13.5. The summed E-state index contributed by atoms with van der Waals surface area (Å²) in [6.07, 6.45) is 12.1. The van der Waals surface area contributed by atoms with Crippen LogP contribution in [0.4, 0.5) is 0 Å². The summed E-state index contributed by atoms with van der Waals surface area (Å²) in [6, 6.07) is 0. The van der Waals surface area contributed by atoms with E-state index >= 15 is 0 Å². The topological polar surface area (TPSA) is 52.0 Å². The average molecular weight is 372 g/mol. The van der Waals surface area contributed by atoms with Gasteiger partial charge in [0.1, 0.15) is 0 Å². The number of rotatable bonds is 0. The third-order valence-corrected chi connectivity index (χ3v) is 5.66. The maximum Gasteiger partial charge on any atom is 0.0647 e. The molecule has 2 nitrogen and oxygen atoms in total. The van der Waals surface area contributed by atoms with Crippen molar-refractivity contribution in [2.24, 2.45) is 11.5 Å². The molecule has 0 fully saturated rings. The lowest BCUT2D eigenvalue weighted by Crippen LogP contribution is -2.36. The van der Waals surface area contributed by atoms with Crippen LogP contribution >= 0.6 is 31.9 Å². The van der Waals surface area contributed by atoms with E-state index < -0.39 is 5.54 Å². The average Bonchev–Trinajstić information content (AvgIpc) is 2.28. The summed E-state index contributed by atoms with van der Waals surface area (Å²) >= 11 is 7.16. The summed E-state index contributed by atoms with van der Waals surface area (Å²) in [5.74, 6) is 0. The summed E-state index contributed by atoms with van der Waals surface area (Å²) in [7, 11) is 0. The molecule has 0 amide bonds. The van der Waals surface area contributed by atoms with Gasteiger partial charge in [-0.25, -0.2) is 0 Å². The van der Waals surface area contributed by atoms with Gasteiger partial charge in [-0.15, -0.1) is 0 Å². The fourth-order valence-electron chi connectivity index (χ4n) is 1.81. The first kappa shape index (κ1) is 14.0.